The minimum atomic E-state index is -0.350. The lowest BCUT2D eigenvalue weighted by Gasteiger charge is -2.26. The van der Waals surface area contributed by atoms with E-state index in [4.69, 9.17) is 9.72 Å². The molecule has 0 atom stereocenters. The summed E-state index contributed by atoms with van der Waals surface area (Å²) in [5, 5.41) is 6.32. The Labute approximate surface area is 169 Å². The standard InChI is InChI=1S/C23H24N4O2/c1-14(2)26(3)21-12-17-11-16(23(28)29-5)6-8-19(17)25-22(21)15-7-9-20-18(10-15)13-24-27(20)4/h6-14H,1-5H3. The lowest BCUT2D eigenvalue weighted by Crippen LogP contribution is -2.26. The minimum Gasteiger partial charge on any atom is -0.465 e. The Morgan fingerprint density at radius 3 is 2.62 bits per heavy atom. The molecule has 0 fully saturated rings. The van der Waals surface area contributed by atoms with Gasteiger partial charge in [-0.2, -0.15) is 5.10 Å². The number of nitrogens with zero attached hydrogens (tertiary/aromatic N) is 4. The van der Waals surface area contributed by atoms with Crippen molar-refractivity contribution in [2.24, 2.45) is 7.05 Å². The van der Waals surface area contributed by atoms with E-state index in [9.17, 15) is 4.79 Å². The number of aryl methyl sites for hydroxylation is 1. The van der Waals surface area contributed by atoms with Crippen LogP contribution >= 0.6 is 0 Å². The number of ether oxygens (including phenoxy) is 1. The van der Waals surface area contributed by atoms with Gasteiger partial charge < -0.3 is 9.64 Å². The highest BCUT2D eigenvalue weighted by Crippen LogP contribution is 2.34. The molecule has 0 aliphatic carbocycles. The summed E-state index contributed by atoms with van der Waals surface area (Å²) in [5.74, 6) is -0.350. The summed E-state index contributed by atoms with van der Waals surface area (Å²) in [6, 6.07) is 14.1. The molecule has 148 valence electrons. The van der Waals surface area contributed by atoms with Crippen LogP contribution in [0.4, 0.5) is 5.69 Å². The van der Waals surface area contributed by atoms with E-state index in [1.54, 1.807) is 6.07 Å². The van der Waals surface area contributed by atoms with Crippen LogP contribution in [-0.4, -0.2) is 40.9 Å². The molecule has 0 N–H and O–H groups in total. The van der Waals surface area contributed by atoms with Gasteiger partial charge in [0, 0.05) is 36.5 Å². The van der Waals surface area contributed by atoms with E-state index in [-0.39, 0.29) is 5.97 Å². The number of carbonyl (C=O) groups is 1. The summed E-state index contributed by atoms with van der Waals surface area (Å²) in [6.07, 6.45) is 1.87. The van der Waals surface area contributed by atoms with E-state index in [1.165, 1.54) is 7.11 Å². The zero-order valence-electron chi connectivity index (χ0n) is 17.3. The fourth-order valence-corrected chi connectivity index (χ4v) is 3.48. The molecule has 0 unspecified atom stereocenters. The van der Waals surface area contributed by atoms with Crippen LogP contribution in [0.25, 0.3) is 33.1 Å². The van der Waals surface area contributed by atoms with Crippen LogP contribution in [0.3, 0.4) is 0 Å². The van der Waals surface area contributed by atoms with Crippen LogP contribution < -0.4 is 4.90 Å². The van der Waals surface area contributed by atoms with Crippen LogP contribution in [0.1, 0.15) is 24.2 Å². The molecule has 0 saturated carbocycles. The number of hydrogen-bond donors (Lipinski definition) is 0. The van der Waals surface area contributed by atoms with Crippen LogP contribution in [0.5, 0.6) is 0 Å². The van der Waals surface area contributed by atoms with Crippen molar-refractivity contribution in [3.8, 4) is 11.3 Å². The Hall–Kier alpha value is -3.41. The van der Waals surface area contributed by atoms with Crippen LogP contribution in [-0.2, 0) is 11.8 Å². The van der Waals surface area contributed by atoms with Gasteiger partial charge in [-0.15, -0.1) is 0 Å². The number of rotatable bonds is 4. The number of esters is 1. The third kappa shape index (κ3) is 3.31. The summed E-state index contributed by atoms with van der Waals surface area (Å²) in [4.78, 5) is 19.1. The smallest absolute Gasteiger partial charge is 0.337 e. The molecule has 4 aromatic rings. The molecular formula is C23H24N4O2. The minimum absolute atomic E-state index is 0.291. The summed E-state index contributed by atoms with van der Waals surface area (Å²) >= 11 is 0. The normalized spacial score (nSPS) is 11.4. The van der Waals surface area contributed by atoms with E-state index in [1.807, 2.05) is 30.1 Å². The SMILES string of the molecule is COC(=O)c1ccc2nc(-c3ccc4c(cnn4C)c3)c(N(C)C(C)C)cc2c1. The number of carbonyl (C=O) groups excluding carboxylic acids is 1. The molecule has 2 aromatic heterocycles. The quantitative estimate of drug-likeness (QED) is 0.484. The first-order valence-corrected chi connectivity index (χ1v) is 9.57. The van der Waals surface area contributed by atoms with Crippen LogP contribution in [0, 0.1) is 0 Å². The molecule has 0 aliphatic heterocycles. The Morgan fingerprint density at radius 1 is 1.10 bits per heavy atom. The lowest BCUT2D eigenvalue weighted by molar-refractivity contribution is 0.0601. The molecule has 4 rings (SSSR count). The monoisotopic (exact) mass is 388 g/mol. The first kappa shape index (κ1) is 18.9. The second-order valence-corrected chi connectivity index (χ2v) is 7.50. The molecule has 2 aromatic carbocycles. The Morgan fingerprint density at radius 2 is 1.90 bits per heavy atom. The summed E-state index contributed by atoms with van der Waals surface area (Å²) in [7, 11) is 5.39. The molecule has 0 radical (unpaired) electrons. The predicted molar refractivity (Wildman–Crippen MR) is 116 cm³/mol. The summed E-state index contributed by atoms with van der Waals surface area (Å²) < 4.78 is 6.72. The molecule has 0 bridgehead atoms. The fourth-order valence-electron chi connectivity index (χ4n) is 3.48. The van der Waals surface area contributed by atoms with Gasteiger partial charge in [-0.25, -0.2) is 9.78 Å². The highest BCUT2D eigenvalue weighted by atomic mass is 16.5. The Kier molecular flexibility index (Phi) is 4.70. The molecule has 0 saturated heterocycles. The molecular weight excluding hydrogens is 364 g/mol. The van der Waals surface area contributed by atoms with Crippen molar-refractivity contribution >= 4 is 33.5 Å². The van der Waals surface area contributed by atoms with Gasteiger partial charge in [-0.1, -0.05) is 6.07 Å². The van der Waals surface area contributed by atoms with Gasteiger partial charge in [0.15, 0.2) is 0 Å². The largest absolute Gasteiger partial charge is 0.465 e. The van der Waals surface area contributed by atoms with Gasteiger partial charge in [0.25, 0.3) is 0 Å². The van der Waals surface area contributed by atoms with Crippen LogP contribution in [0.15, 0.2) is 48.7 Å². The maximum Gasteiger partial charge on any atom is 0.337 e. The van der Waals surface area contributed by atoms with Crippen molar-refractivity contribution in [3.63, 3.8) is 0 Å². The van der Waals surface area contributed by atoms with Crippen molar-refractivity contribution in [3.05, 3.63) is 54.2 Å². The second-order valence-electron chi connectivity index (χ2n) is 7.50. The molecule has 0 aliphatic rings. The number of methoxy groups -OCH3 is 1. The van der Waals surface area contributed by atoms with Crippen LogP contribution in [0.2, 0.25) is 0 Å². The summed E-state index contributed by atoms with van der Waals surface area (Å²) in [5.41, 5.74) is 5.38. The van der Waals surface area contributed by atoms with E-state index in [2.05, 4.69) is 55.2 Å². The first-order chi connectivity index (χ1) is 13.9. The molecule has 6 nitrogen and oxygen atoms in total. The number of benzene rings is 2. The Bertz CT molecular complexity index is 1230. The molecule has 29 heavy (non-hydrogen) atoms. The topological polar surface area (TPSA) is 60.2 Å². The summed E-state index contributed by atoms with van der Waals surface area (Å²) in [6.45, 7) is 4.28. The molecule has 0 amide bonds. The highest BCUT2D eigenvalue weighted by Gasteiger charge is 2.17. The lowest BCUT2D eigenvalue weighted by atomic mass is 10.0. The average Bonchev–Trinajstić information content (AvgIpc) is 3.11. The number of pyridine rings is 1. The Balaban J connectivity index is 1.94. The zero-order chi connectivity index (χ0) is 20.7. The highest BCUT2D eigenvalue weighted by molar-refractivity contribution is 5.97. The average molecular weight is 388 g/mol. The van der Waals surface area contributed by atoms with E-state index in [0.29, 0.717) is 11.6 Å². The van der Waals surface area contributed by atoms with Gasteiger partial charge in [-0.05, 0) is 50.2 Å². The van der Waals surface area contributed by atoms with Gasteiger partial charge in [-0.3, -0.25) is 4.68 Å². The van der Waals surface area contributed by atoms with Gasteiger partial charge >= 0.3 is 5.97 Å². The van der Waals surface area contributed by atoms with Crippen molar-refractivity contribution in [1.29, 1.82) is 0 Å². The third-order valence-corrected chi connectivity index (χ3v) is 5.39. The van der Waals surface area contributed by atoms with Crippen molar-refractivity contribution < 1.29 is 9.53 Å². The fraction of sp³-hybridized carbons (Fsp3) is 0.261. The van der Waals surface area contributed by atoms with E-state index in [0.717, 1.165) is 38.8 Å². The number of fused-ring (bicyclic) bond motifs is 2. The third-order valence-electron chi connectivity index (χ3n) is 5.39. The number of hydrogen-bond acceptors (Lipinski definition) is 5. The predicted octanol–water partition coefficient (Wildman–Crippen LogP) is 4.42. The number of aromatic nitrogens is 3. The molecule has 0 spiro atoms. The van der Waals surface area contributed by atoms with E-state index >= 15 is 0 Å². The number of anilines is 1. The molecule has 6 heteroatoms. The van der Waals surface area contributed by atoms with E-state index < -0.39 is 0 Å². The van der Waals surface area contributed by atoms with Crippen molar-refractivity contribution in [2.45, 2.75) is 19.9 Å². The maximum absolute atomic E-state index is 11.9. The zero-order valence-corrected chi connectivity index (χ0v) is 17.3. The second kappa shape index (κ2) is 7.20. The first-order valence-electron chi connectivity index (χ1n) is 9.57. The van der Waals surface area contributed by atoms with Crippen molar-refractivity contribution in [1.82, 2.24) is 14.8 Å². The van der Waals surface area contributed by atoms with Crippen molar-refractivity contribution in [2.75, 3.05) is 19.1 Å². The van der Waals surface area contributed by atoms with Gasteiger partial charge in [0.1, 0.15) is 0 Å². The maximum atomic E-state index is 11.9. The van der Waals surface area contributed by atoms with Gasteiger partial charge in [0.05, 0.1) is 41.3 Å². The molecule has 2 heterocycles. The van der Waals surface area contributed by atoms with Gasteiger partial charge in [0.2, 0.25) is 0 Å².